The normalized spacial score (nSPS) is 10.6. The maximum atomic E-state index is 10.3. The van der Waals surface area contributed by atoms with E-state index in [1.807, 2.05) is 5.43 Å². The molecule has 0 bridgehead atoms. The SMILES string of the molecule is NC(=O)NN=Cc1c(Cl)ccc(Cl)c1Cl. The van der Waals surface area contributed by atoms with Gasteiger partial charge in [-0.1, -0.05) is 34.8 Å². The van der Waals surface area contributed by atoms with E-state index in [0.29, 0.717) is 15.6 Å². The van der Waals surface area contributed by atoms with Gasteiger partial charge in [0.2, 0.25) is 0 Å². The Labute approximate surface area is 101 Å². The standard InChI is InChI=1S/C8H6Cl3N3O/c9-5-1-2-6(10)7(11)4(5)3-13-14-8(12)15/h1-3H,(H3,12,14,15). The Hall–Kier alpha value is -0.970. The summed E-state index contributed by atoms with van der Waals surface area (Å²) in [6.07, 6.45) is 1.27. The molecule has 0 fully saturated rings. The fourth-order valence-corrected chi connectivity index (χ4v) is 1.45. The Morgan fingerprint density at radius 3 is 2.53 bits per heavy atom. The smallest absolute Gasteiger partial charge is 0.332 e. The predicted octanol–water partition coefficient (Wildman–Crippen LogP) is 2.65. The molecule has 4 nitrogen and oxygen atoms in total. The Kier molecular flexibility index (Phi) is 4.20. The summed E-state index contributed by atoms with van der Waals surface area (Å²) in [4.78, 5) is 10.3. The Morgan fingerprint density at radius 1 is 1.33 bits per heavy atom. The first-order chi connectivity index (χ1) is 7.02. The summed E-state index contributed by atoms with van der Waals surface area (Å²) in [5.74, 6) is 0. The van der Waals surface area contributed by atoms with Crippen molar-refractivity contribution in [1.82, 2.24) is 5.43 Å². The number of hydrogen-bond donors (Lipinski definition) is 2. The molecule has 0 heterocycles. The van der Waals surface area contributed by atoms with E-state index in [1.165, 1.54) is 6.21 Å². The van der Waals surface area contributed by atoms with Gasteiger partial charge >= 0.3 is 6.03 Å². The van der Waals surface area contributed by atoms with Gasteiger partial charge in [-0.05, 0) is 12.1 Å². The number of carbonyl (C=O) groups excluding carboxylic acids is 1. The Balaban J connectivity index is 2.98. The zero-order valence-electron chi connectivity index (χ0n) is 7.30. The number of primary amides is 1. The average molecular weight is 267 g/mol. The molecule has 1 aromatic rings. The number of amides is 2. The predicted molar refractivity (Wildman–Crippen MR) is 61.8 cm³/mol. The van der Waals surface area contributed by atoms with Crippen molar-refractivity contribution >= 4 is 47.0 Å². The van der Waals surface area contributed by atoms with Crippen molar-refractivity contribution in [3.8, 4) is 0 Å². The number of rotatable bonds is 2. The van der Waals surface area contributed by atoms with E-state index in [4.69, 9.17) is 40.5 Å². The second-order valence-corrected chi connectivity index (χ2v) is 3.68. The number of benzene rings is 1. The lowest BCUT2D eigenvalue weighted by atomic mass is 10.2. The third kappa shape index (κ3) is 3.27. The zero-order chi connectivity index (χ0) is 11.4. The third-order valence-electron chi connectivity index (χ3n) is 1.45. The van der Waals surface area contributed by atoms with Crippen molar-refractivity contribution in [2.75, 3.05) is 0 Å². The molecule has 2 amide bonds. The fraction of sp³-hybridized carbons (Fsp3) is 0. The quantitative estimate of drug-likeness (QED) is 0.482. The molecule has 1 aromatic carbocycles. The summed E-state index contributed by atoms with van der Waals surface area (Å²) in [7, 11) is 0. The topological polar surface area (TPSA) is 67.5 Å². The minimum absolute atomic E-state index is 0.263. The number of urea groups is 1. The van der Waals surface area contributed by atoms with Gasteiger partial charge in [0.15, 0.2) is 0 Å². The average Bonchev–Trinajstić information content (AvgIpc) is 2.17. The van der Waals surface area contributed by atoms with Gasteiger partial charge in [-0.2, -0.15) is 5.10 Å². The highest BCUT2D eigenvalue weighted by molar-refractivity contribution is 6.45. The molecule has 80 valence electrons. The lowest BCUT2D eigenvalue weighted by molar-refractivity contribution is 0.249. The highest BCUT2D eigenvalue weighted by Crippen LogP contribution is 2.29. The van der Waals surface area contributed by atoms with E-state index in [2.05, 4.69) is 5.10 Å². The molecular formula is C8H6Cl3N3O. The van der Waals surface area contributed by atoms with Crippen LogP contribution in [0.2, 0.25) is 15.1 Å². The van der Waals surface area contributed by atoms with Gasteiger partial charge in [0.05, 0.1) is 21.3 Å². The first-order valence-corrected chi connectivity index (χ1v) is 4.87. The number of nitrogens with one attached hydrogen (secondary N) is 1. The number of nitrogens with two attached hydrogens (primary N) is 1. The van der Waals surface area contributed by atoms with Gasteiger partial charge in [0.25, 0.3) is 0 Å². The lowest BCUT2D eigenvalue weighted by Gasteiger charge is -2.02. The van der Waals surface area contributed by atoms with Gasteiger partial charge in [0, 0.05) is 5.56 Å². The first-order valence-electron chi connectivity index (χ1n) is 3.74. The number of hydrazone groups is 1. The fourth-order valence-electron chi connectivity index (χ4n) is 0.822. The van der Waals surface area contributed by atoms with Gasteiger partial charge in [-0.25, -0.2) is 10.2 Å². The van der Waals surface area contributed by atoms with Crippen molar-refractivity contribution in [3.63, 3.8) is 0 Å². The van der Waals surface area contributed by atoms with Crippen LogP contribution >= 0.6 is 34.8 Å². The molecule has 0 saturated carbocycles. The number of halogens is 3. The van der Waals surface area contributed by atoms with E-state index < -0.39 is 6.03 Å². The molecule has 0 aliphatic heterocycles. The van der Waals surface area contributed by atoms with Crippen molar-refractivity contribution in [3.05, 3.63) is 32.8 Å². The van der Waals surface area contributed by atoms with Crippen LogP contribution in [0.1, 0.15) is 5.56 Å². The second kappa shape index (κ2) is 5.21. The monoisotopic (exact) mass is 265 g/mol. The molecule has 0 radical (unpaired) electrons. The molecule has 3 N–H and O–H groups in total. The molecule has 0 spiro atoms. The third-order valence-corrected chi connectivity index (χ3v) is 2.60. The van der Waals surface area contributed by atoms with Crippen LogP contribution in [0.15, 0.2) is 17.2 Å². The van der Waals surface area contributed by atoms with E-state index in [-0.39, 0.29) is 5.02 Å². The molecule has 0 atom stereocenters. The molecule has 0 saturated heterocycles. The molecule has 0 aromatic heterocycles. The summed E-state index contributed by atoms with van der Waals surface area (Å²) in [5, 5.41) is 4.51. The van der Waals surface area contributed by atoms with Crippen molar-refractivity contribution < 1.29 is 4.79 Å². The van der Waals surface area contributed by atoms with Gasteiger partial charge in [-0.3, -0.25) is 0 Å². The van der Waals surface area contributed by atoms with E-state index in [0.717, 1.165) is 0 Å². The number of carbonyl (C=O) groups is 1. The van der Waals surface area contributed by atoms with Gasteiger partial charge in [0.1, 0.15) is 0 Å². The van der Waals surface area contributed by atoms with E-state index in [1.54, 1.807) is 12.1 Å². The summed E-state index contributed by atoms with van der Waals surface area (Å²) in [6, 6.07) is 2.35. The maximum Gasteiger partial charge on any atom is 0.332 e. The molecule has 15 heavy (non-hydrogen) atoms. The summed E-state index contributed by atoms with van der Waals surface area (Å²) < 4.78 is 0. The lowest BCUT2D eigenvalue weighted by Crippen LogP contribution is -2.24. The van der Waals surface area contributed by atoms with E-state index >= 15 is 0 Å². The van der Waals surface area contributed by atoms with Gasteiger partial charge in [-0.15, -0.1) is 0 Å². The second-order valence-electron chi connectivity index (χ2n) is 2.49. The first kappa shape index (κ1) is 12.1. The van der Waals surface area contributed by atoms with Crippen molar-refractivity contribution in [2.45, 2.75) is 0 Å². The molecule has 0 aliphatic carbocycles. The maximum absolute atomic E-state index is 10.3. The highest BCUT2D eigenvalue weighted by Gasteiger charge is 2.07. The molecule has 1 rings (SSSR count). The van der Waals surface area contributed by atoms with Crippen LogP contribution in [0.3, 0.4) is 0 Å². The number of hydrogen-bond acceptors (Lipinski definition) is 2. The largest absolute Gasteiger partial charge is 0.350 e. The highest BCUT2D eigenvalue weighted by atomic mass is 35.5. The van der Waals surface area contributed by atoms with Crippen LogP contribution in [0.25, 0.3) is 0 Å². The molecule has 7 heteroatoms. The Morgan fingerprint density at radius 2 is 1.93 bits per heavy atom. The van der Waals surface area contributed by atoms with Crippen LogP contribution in [0, 0.1) is 0 Å². The van der Waals surface area contributed by atoms with Crippen LogP contribution in [-0.2, 0) is 0 Å². The summed E-state index contributed by atoms with van der Waals surface area (Å²) in [5.41, 5.74) is 7.24. The number of nitrogens with zero attached hydrogens (tertiary/aromatic N) is 1. The van der Waals surface area contributed by atoms with Gasteiger partial charge < -0.3 is 5.73 Å². The summed E-state index contributed by atoms with van der Waals surface area (Å²) >= 11 is 17.5. The zero-order valence-corrected chi connectivity index (χ0v) is 9.57. The van der Waals surface area contributed by atoms with Crippen molar-refractivity contribution in [1.29, 1.82) is 0 Å². The van der Waals surface area contributed by atoms with Crippen molar-refractivity contribution in [2.24, 2.45) is 10.8 Å². The molecule has 0 unspecified atom stereocenters. The minimum atomic E-state index is -0.777. The minimum Gasteiger partial charge on any atom is -0.350 e. The van der Waals surface area contributed by atoms with E-state index in [9.17, 15) is 4.79 Å². The van der Waals surface area contributed by atoms with Crippen LogP contribution < -0.4 is 11.2 Å². The molecule has 0 aliphatic rings. The van der Waals surface area contributed by atoms with Crippen LogP contribution in [-0.4, -0.2) is 12.2 Å². The van der Waals surface area contributed by atoms with Crippen LogP contribution in [0.5, 0.6) is 0 Å². The molecular weight excluding hydrogens is 260 g/mol. The van der Waals surface area contributed by atoms with Crippen LogP contribution in [0.4, 0.5) is 4.79 Å². The Bertz CT molecular complexity index is 420. The summed E-state index contributed by atoms with van der Waals surface area (Å²) in [6.45, 7) is 0.